The molecule has 0 unspecified atom stereocenters. The van der Waals surface area contributed by atoms with Crippen molar-refractivity contribution in [3.8, 4) is 11.1 Å². The molecule has 5 nitrogen and oxygen atoms in total. The monoisotopic (exact) mass is 382 g/mol. The molecule has 0 saturated carbocycles. The van der Waals surface area contributed by atoms with Crippen LogP contribution in [0.15, 0.2) is 57.7 Å². The summed E-state index contributed by atoms with van der Waals surface area (Å²) < 4.78 is 5.91. The maximum absolute atomic E-state index is 13.1. The molecule has 0 spiro atoms. The summed E-state index contributed by atoms with van der Waals surface area (Å²) in [5, 5.41) is 3.65. The highest BCUT2D eigenvalue weighted by molar-refractivity contribution is 6.31. The molecule has 0 bridgehead atoms. The number of amides is 1. The predicted octanol–water partition coefficient (Wildman–Crippen LogP) is 4.15. The Morgan fingerprint density at radius 3 is 2.59 bits per heavy atom. The van der Waals surface area contributed by atoms with Crippen LogP contribution in [0.5, 0.6) is 0 Å². The highest BCUT2D eigenvalue weighted by Gasteiger charge is 2.20. The number of fused-ring (bicyclic) bond motifs is 1. The quantitative estimate of drug-likeness (QED) is 0.736. The third-order valence-corrected chi connectivity index (χ3v) is 4.97. The number of anilines is 1. The number of hydrogen-bond donors (Lipinski definition) is 1. The molecule has 2 heterocycles. The summed E-state index contributed by atoms with van der Waals surface area (Å²) in [6.07, 6.45) is 2.21. The lowest BCUT2D eigenvalue weighted by Gasteiger charge is -2.15. The van der Waals surface area contributed by atoms with E-state index in [-0.39, 0.29) is 23.8 Å². The van der Waals surface area contributed by atoms with E-state index in [0.717, 1.165) is 25.9 Å². The first kappa shape index (κ1) is 17.8. The number of rotatable bonds is 4. The van der Waals surface area contributed by atoms with E-state index < -0.39 is 0 Å². The summed E-state index contributed by atoms with van der Waals surface area (Å²) in [5.41, 5.74) is 1.19. The first-order chi connectivity index (χ1) is 13.1. The summed E-state index contributed by atoms with van der Waals surface area (Å²) in [6.45, 7) is 2.12. The first-order valence-electron chi connectivity index (χ1n) is 8.96. The highest BCUT2D eigenvalue weighted by Crippen LogP contribution is 2.29. The Morgan fingerprint density at radius 1 is 1.11 bits per heavy atom. The van der Waals surface area contributed by atoms with Gasteiger partial charge in [0.1, 0.15) is 5.58 Å². The number of benzene rings is 2. The predicted molar refractivity (Wildman–Crippen MR) is 107 cm³/mol. The van der Waals surface area contributed by atoms with Crippen LogP contribution in [-0.4, -0.2) is 30.4 Å². The van der Waals surface area contributed by atoms with E-state index in [1.54, 1.807) is 18.2 Å². The molecule has 0 aliphatic carbocycles. The van der Waals surface area contributed by atoms with Gasteiger partial charge in [0.2, 0.25) is 17.2 Å². The molecule has 3 aromatic rings. The Hall–Kier alpha value is -2.63. The topological polar surface area (TPSA) is 62.6 Å². The Bertz CT molecular complexity index is 1040. The fourth-order valence-electron chi connectivity index (χ4n) is 3.43. The van der Waals surface area contributed by atoms with Gasteiger partial charge in [0.25, 0.3) is 0 Å². The van der Waals surface area contributed by atoms with E-state index in [2.05, 4.69) is 10.2 Å². The maximum Gasteiger partial charge on any atom is 0.240 e. The van der Waals surface area contributed by atoms with Gasteiger partial charge in [-0.25, -0.2) is 0 Å². The molecular formula is C21H19ClN2O3. The second-order valence-electron chi connectivity index (χ2n) is 6.67. The lowest BCUT2D eigenvalue weighted by atomic mass is 10.0. The maximum atomic E-state index is 13.1. The van der Waals surface area contributed by atoms with Crippen molar-refractivity contribution in [2.45, 2.75) is 12.8 Å². The summed E-state index contributed by atoms with van der Waals surface area (Å²) >= 11 is 6.05. The van der Waals surface area contributed by atoms with Crippen LogP contribution < -0.4 is 10.7 Å². The van der Waals surface area contributed by atoms with Gasteiger partial charge in [0, 0.05) is 5.02 Å². The molecule has 1 aromatic heterocycles. The van der Waals surface area contributed by atoms with Crippen LogP contribution in [-0.2, 0) is 4.79 Å². The second kappa shape index (κ2) is 7.55. The normalized spacial score (nSPS) is 14.6. The van der Waals surface area contributed by atoms with Gasteiger partial charge in [0.05, 0.1) is 17.5 Å². The van der Waals surface area contributed by atoms with Crippen molar-refractivity contribution in [2.24, 2.45) is 0 Å². The third-order valence-electron chi connectivity index (χ3n) is 4.73. The van der Waals surface area contributed by atoms with Crippen LogP contribution in [0.25, 0.3) is 22.1 Å². The largest absolute Gasteiger partial charge is 0.439 e. The fraction of sp³-hybridized carbons (Fsp3) is 0.238. The van der Waals surface area contributed by atoms with Crippen molar-refractivity contribution in [1.29, 1.82) is 0 Å². The molecule has 6 heteroatoms. The number of halogens is 1. The summed E-state index contributed by atoms with van der Waals surface area (Å²) in [7, 11) is 0. The van der Waals surface area contributed by atoms with Crippen LogP contribution in [0.2, 0.25) is 5.02 Å². The average Bonchev–Trinajstić information content (AvgIpc) is 3.16. The molecule has 1 fully saturated rings. The Balaban J connectivity index is 1.79. The van der Waals surface area contributed by atoms with Gasteiger partial charge in [-0.3, -0.25) is 19.8 Å². The van der Waals surface area contributed by atoms with Crippen molar-refractivity contribution in [2.75, 3.05) is 25.0 Å². The molecule has 0 radical (unpaired) electrons. The molecule has 1 N–H and O–H groups in total. The molecular weight excluding hydrogens is 364 g/mol. The van der Waals surface area contributed by atoms with Gasteiger partial charge >= 0.3 is 0 Å². The molecule has 4 rings (SSSR count). The average molecular weight is 383 g/mol. The summed E-state index contributed by atoms with van der Waals surface area (Å²) in [6, 6.07) is 14.1. The van der Waals surface area contributed by atoms with Gasteiger partial charge in [-0.15, -0.1) is 0 Å². The van der Waals surface area contributed by atoms with Crippen molar-refractivity contribution in [3.63, 3.8) is 0 Å². The number of nitrogens with one attached hydrogen (secondary N) is 1. The molecule has 2 aromatic carbocycles. The third kappa shape index (κ3) is 3.75. The molecule has 1 amide bonds. The van der Waals surface area contributed by atoms with Gasteiger partial charge < -0.3 is 4.42 Å². The van der Waals surface area contributed by atoms with Crippen LogP contribution in [0.1, 0.15) is 12.8 Å². The minimum absolute atomic E-state index is 0.171. The van der Waals surface area contributed by atoms with E-state index in [0.29, 0.717) is 27.1 Å². The van der Waals surface area contributed by atoms with E-state index in [9.17, 15) is 9.59 Å². The Labute approximate surface area is 161 Å². The Kier molecular flexibility index (Phi) is 4.97. The van der Waals surface area contributed by atoms with Gasteiger partial charge in [0.15, 0.2) is 0 Å². The molecule has 1 aliphatic heterocycles. The fourth-order valence-corrected chi connectivity index (χ4v) is 3.60. The molecule has 138 valence electrons. The van der Waals surface area contributed by atoms with Gasteiger partial charge in [-0.05, 0) is 49.7 Å². The second-order valence-corrected chi connectivity index (χ2v) is 7.11. The summed E-state index contributed by atoms with van der Waals surface area (Å²) in [4.78, 5) is 27.8. The smallest absolute Gasteiger partial charge is 0.240 e. The van der Waals surface area contributed by atoms with Gasteiger partial charge in [-0.2, -0.15) is 0 Å². The standard InChI is InChI=1S/C21H19ClN2O3/c22-15-8-9-17-16(12-15)20(26)19(14-6-2-1-3-7-14)21(27-17)23-18(25)13-24-10-4-5-11-24/h1-3,6-9,12H,4-5,10-11,13H2,(H,23,25). The number of likely N-dealkylation sites (tertiary alicyclic amines) is 1. The SMILES string of the molecule is O=C(CN1CCCC1)Nc1oc2ccc(Cl)cc2c(=O)c1-c1ccccc1. The molecule has 27 heavy (non-hydrogen) atoms. The van der Waals surface area contributed by atoms with Crippen LogP contribution in [0.4, 0.5) is 5.88 Å². The zero-order valence-corrected chi connectivity index (χ0v) is 15.5. The number of nitrogens with zero attached hydrogens (tertiary/aromatic N) is 1. The van der Waals surface area contributed by atoms with E-state index in [1.807, 2.05) is 30.3 Å². The molecule has 0 atom stereocenters. The van der Waals surface area contributed by atoms with Crippen LogP contribution in [0, 0.1) is 0 Å². The molecule has 1 aliphatic rings. The Morgan fingerprint density at radius 2 is 1.85 bits per heavy atom. The zero-order chi connectivity index (χ0) is 18.8. The summed E-state index contributed by atoms with van der Waals surface area (Å²) in [5.74, 6) is -0.0178. The lowest BCUT2D eigenvalue weighted by Crippen LogP contribution is -2.31. The van der Waals surface area contributed by atoms with Crippen molar-refractivity contribution < 1.29 is 9.21 Å². The van der Waals surface area contributed by atoms with Crippen molar-refractivity contribution >= 4 is 34.4 Å². The number of carbonyl (C=O) groups is 1. The first-order valence-corrected chi connectivity index (χ1v) is 9.33. The zero-order valence-electron chi connectivity index (χ0n) is 14.7. The number of hydrogen-bond acceptors (Lipinski definition) is 4. The van der Waals surface area contributed by atoms with E-state index >= 15 is 0 Å². The van der Waals surface area contributed by atoms with E-state index in [1.165, 1.54) is 0 Å². The minimum Gasteiger partial charge on any atom is -0.439 e. The lowest BCUT2D eigenvalue weighted by molar-refractivity contribution is -0.117. The van der Waals surface area contributed by atoms with Crippen LogP contribution in [0.3, 0.4) is 0 Å². The minimum atomic E-state index is -0.221. The highest BCUT2D eigenvalue weighted by atomic mass is 35.5. The van der Waals surface area contributed by atoms with Gasteiger partial charge in [-0.1, -0.05) is 41.9 Å². The number of carbonyl (C=O) groups excluding carboxylic acids is 1. The van der Waals surface area contributed by atoms with Crippen LogP contribution >= 0.6 is 11.6 Å². The van der Waals surface area contributed by atoms with E-state index in [4.69, 9.17) is 16.0 Å². The van der Waals surface area contributed by atoms with Crippen molar-refractivity contribution in [1.82, 2.24) is 4.90 Å². The molecule has 1 saturated heterocycles. The van der Waals surface area contributed by atoms with Crippen molar-refractivity contribution in [3.05, 3.63) is 63.8 Å².